The Morgan fingerprint density at radius 1 is 1.19 bits per heavy atom. The first-order valence-electron chi connectivity index (χ1n) is 8.54. The van der Waals surface area contributed by atoms with Gasteiger partial charge in [-0.2, -0.15) is 0 Å². The zero-order valence-electron chi connectivity index (χ0n) is 16.1. The lowest BCUT2D eigenvalue weighted by atomic mass is 9.94. The molecule has 0 aliphatic heterocycles. The Labute approximate surface area is 172 Å². The average Bonchev–Trinajstić information content (AvgIpc) is 3.06. The van der Waals surface area contributed by atoms with E-state index in [1.54, 1.807) is 13.2 Å². The fraction of sp³-hybridized carbons (Fsp3) is 0.474. The van der Waals surface area contributed by atoms with Gasteiger partial charge in [-0.1, -0.05) is 39.0 Å². The lowest BCUT2D eigenvalue weighted by Gasteiger charge is -2.14. The quantitative estimate of drug-likeness (QED) is 0.380. The van der Waals surface area contributed by atoms with Crippen molar-refractivity contribution in [2.75, 3.05) is 13.7 Å². The highest BCUT2D eigenvalue weighted by molar-refractivity contribution is 14.0. The Hall–Kier alpha value is -1.77. The molecule has 0 fully saturated rings. The van der Waals surface area contributed by atoms with Gasteiger partial charge in [-0.25, -0.2) is 4.98 Å². The molecule has 7 heteroatoms. The van der Waals surface area contributed by atoms with Gasteiger partial charge in [-0.15, -0.1) is 24.0 Å². The summed E-state index contributed by atoms with van der Waals surface area (Å²) >= 11 is 0. The molecule has 0 radical (unpaired) electrons. The number of aliphatic imine (C=N–C) groups is 1. The molecule has 6 nitrogen and oxygen atoms in total. The van der Waals surface area contributed by atoms with Crippen molar-refractivity contribution in [1.82, 2.24) is 15.6 Å². The molecule has 1 aromatic carbocycles. The van der Waals surface area contributed by atoms with E-state index < -0.39 is 0 Å². The molecule has 0 aliphatic carbocycles. The summed E-state index contributed by atoms with van der Waals surface area (Å²) in [5.74, 6) is 3.08. The number of guanidine groups is 1. The van der Waals surface area contributed by atoms with Crippen LogP contribution in [0, 0.1) is 0 Å². The molecule has 0 saturated heterocycles. The predicted octanol–water partition coefficient (Wildman–Crippen LogP) is 3.85. The van der Waals surface area contributed by atoms with Gasteiger partial charge in [0.1, 0.15) is 11.5 Å². The molecule has 1 aromatic heterocycles. The third-order valence-electron chi connectivity index (χ3n) is 3.64. The van der Waals surface area contributed by atoms with Crippen LogP contribution in [-0.2, 0) is 18.5 Å². The monoisotopic (exact) mass is 472 g/mol. The molecular weight excluding hydrogens is 443 g/mol. The number of nitrogens with one attached hydrogen (secondary N) is 2. The van der Waals surface area contributed by atoms with E-state index in [0.29, 0.717) is 31.5 Å². The largest absolute Gasteiger partial charge is 0.494 e. The molecule has 1 heterocycles. The van der Waals surface area contributed by atoms with Gasteiger partial charge in [0.2, 0.25) is 5.89 Å². The summed E-state index contributed by atoms with van der Waals surface area (Å²) in [6.07, 6.45) is 1.78. The zero-order chi connectivity index (χ0) is 18.3. The highest BCUT2D eigenvalue weighted by atomic mass is 127. The van der Waals surface area contributed by atoms with Crippen LogP contribution in [-0.4, -0.2) is 24.6 Å². The number of benzene rings is 1. The summed E-state index contributed by atoms with van der Waals surface area (Å²) in [5.41, 5.74) is 1.03. The van der Waals surface area contributed by atoms with E-state index in [0.717, 1.165) is 17.1 Å². The number of para-hydroxylation sites is 1. The highest BCUT2D eigenvalue weighted by Gasteiger charge is 2.19. The molecule has 2 aromatic rings. The number of nitrogens with zero attached hydrogens (tertiary/aromatic N) is 2. The smallest absolute Gasteiger partial charge is 0.213 e. The lowest BCUT2D eigenvalue weighted by molar-refractivity contribution is 0.336. The molecule has 0 atom stereocenters. The van der Waals surface area contributed by atoms with Crippen molar-refractivity contribution in [3.63, 3.8) is 0 Å². The number of ether oxygens (including phenoxy) is 1. The van der Waals surface area contributed by atoms with Gasteiger partial charge in [0.25, 0.3) is 0 Å². The Morgan fingerprint density at radius 3 is 2.50 bits per heavy atom. The summed E-state index contributed by atoms with van der Waals surface area (Å²) < 4.78 is 11.4. The van der Waals surface area contributed by atoms with Gasteiger partial charge in [0, 0.05) is 24.6 Å². The van der Waals surface area contributed by atoms with E-state index in [1.165, 1.54) is 0 Å². The van der Waals surface area contributed by atoms with E-state index in [1.807, 2.05) is 31.2 Å². The second-order valence-electron chi connectivity index (χ2n) is 6.69. The maximum absolute atomic E-state index is 5.78. The fourth-order valence-corrected chi connectivity index (χ4v) is 2.24. The van der Waals surface area contributed by atoms with Crippen molar-refractivity contribution in [2.24, 2.45) is 4.99 Å². The minimum Gasteiger partial charge on any atom is -0.494 e. The summed E-state index contributed by atoms with van der Waals surface area (Å²) in [5, 5.41) is 6.50. The minimum atomic E-state index is -0.0475. The SMILES string of the molecule is CCOc1ccccc1CNC(=NC)NCc1ncc(C(C)(C)C)o1.I. The second kappa shape index (κ2) is 10.4. The predicted molar refractivity (Wildman–Crippen MR) is 115 cm³/mol. The van der Waals surface area contributed by atoms with Crippen LogP contribution in [0.5, 0.6) is 5.75 Å². The summed E-state index contributed by atoms with van der Waals surface area (Å²) in [4.78, 5) is 8.55. The molecule has 2 rings (SSSR count). The Kier molecular flexibility index (Phi) is 8.91. The fourth-order valence-electron chi connectivity index (χ4n) is 2.24. The zero-order valence-corrected chi connectivity index (χ0v) is 18.5. The molecular formula is C19H29IN4O2. The lowest BCUT2D eigenvalue weighted by Crippen LogP contribution is -2.36. The first kappa shape index (κ1) is 22.3. The van der Waals surface area contributed by atoms with E-state index in [9.17, 15) is 0 Å². The van der Waals surface area contributed by atoms with Crippen LogP contribution in [0.3, 0.4) is 0 Å². The van der Waals surface area contributed by atoms with Gasteiger partial charge in [-0.3, -0.25) is 4.99 Å². The standard InChI is InChI=1S/C19H28N4O2.HI/c1-6-24-15-10-8-7-9-14(15)11-22-18(20-5)23-13-17-21-12-16(25-17)19(2,3)4;/h7-10,12H,6,11,13H2,1-5H3,(H2,20,22,23);1H. The van der Waals surface area contributed by atoms with Crippen molar-refractivity contribution in [2.45, 2.75) is 46.2 Å². The summed E-state index contributed by atoms with van der Waals surface area (Å²) in [6.45, 7) is 10.0. The molecule has 26 heavy (non-hydrogen) atoms. The van der Waals surface area contributed by atoms with Crippen molar-refractivity contribution >= 4 is 29.9 Å². The normalized spacial score (nSPS) is 11.7. The Balaban J connectivity index is 0.00000338. The highest BCUT2D eigenvalue weighted by Crippen LogP contribution is 2.22. The van der Waals surface area contributed by atoms with E-state index >= 15 is 0 Å². The van der Waals surface area contributed by atoms with Gasteiger partial charge in [0.15, 0.2) is 5.96 Å². The molecule has 0 amide bonds. The van der Waals surface area contributed by atoms with Crippen LogP contribution in [0.1, 0.15) is 44.9 Å². The van der Waals surface area contributed by atoms with Gasteiger partial charge in [-0.05, 0) is 13.0 Å². The van der Waals surface area contributed by atoms with Crippen LogP contribution >= 0.6 is 24.0 Å². The maximum atomic E-state index is 5.78. The second-order valence-corrected chi connectivity index (χ2v) is 6.69. The average molecular weight is 472 g/mol. The van der Waals surface area contributed by atoms with Crippen LogP contribution in [0.15, 0.2) is 39.9 Å². The summed E-state index contributed by atoms with van der Waals surface area (Å²) in [7, 11) is 1.74. The number of aromatic nitrogens is 1. The van der Waals surface area contributed by atoms with Crippen LogP contribution in [0.4, 0.5) is 0 Å². The molecule has 144 valence electrons. The van der Waals surface area contributed by atoms with E-state index in [4.69, 9.17) is 9.15 Å². The molecule has 0 saturated carbocycles. The molecule has 0 aliphatic rings. The minimum absolute atomic E-state index is 0. The van der Waals surface area contributed by atoms with Crippen LogP contribution in [0.2, 0.25) is 0 Å². The van der Waals surface area contributed by atoms with Gasteiger partial charge in [0.05, 0.1) is 19.3 Å². The first-order chi connectivity index (χ1) is 11.9. The molecule has 2 N–H and O–H groups in total. The molecule has 0 spiro atoms. The molecule has 0 bridgehead atoms. The third-order valence-corrected chi connectivity index (χ3v) is 3.64. The van der Waals surface area contributed by atoms with Gasteiger partial charge < -0.3 is 19.8 Å². The third kappa shape index (κ3) is 6.51. The first-order valence-corrected chi connectivity index (χ1v) is 8.54. The number of hydrogen-bond acceptors (Lipinski definition) is 4. The van der Waals surface area contributed by atoms with Gasteiger partial charge >= 0.3 is 0 Å². The van der Waals surface area contributed by atoms with Crippen molar-refractivity contribution < 1.29 is 9.15 Å². The van der Waals surface area contributed by atoms with Crippen LogP contribution < -0.4 is 15.4 Å². The maximum Gasteiger partial charge on any atom is 0.213 e. The molecule has 0 unspecified atom stereocenters. The Morgan fingerprint density at radius 2 is 1.88 bits per heavy atom. The van der Waals surface area contributed by atoms with Crippen molar-refractivity contribution in [3.8, 4) is 5.75 Å². The van der Waals surface area contributed by atoms with E-state index in [-0.39, 0.29) is 29.4 Å². The van der Waals surface area contributed by atoms with Crippen LogP contribution in [0.25, 0.3) is 0 Å². The topological polar surface area (TPSA) is 71.7 Å². The number of rotatable bonds is 6. The van der Waals surface area contributed by atoms with E-state index in [2.05, 4.69) is 41.4 Å². The number of oxazole rings is 1. The Bertz CT molecular complexity index is 708. The number of halogens is 1. The van der Waals surface area contributed by atoms with Crippen molar-refractivity contribution in [1.29, 1.82) is 0 Å². The summed E-state index contributed by atoms with van der Waals surface area (Å²) in [6, 6.07) is 7.97. The number of hydrogen-bond donors (Lipinski definition) is 2. The van der Waals surface area contributed by atoms with Crippen molar-refractivity contribution in [3.05, 3.63) is 47.7 Å².